The van der Waals surface area contributed by atoms with Crippen molar-refractivity contribution in [1.82, 2.24) is 9.47 Å². The van der Waals surface area contributed by atoms with Crippen LogP contribution in [-0.4, -0.2) is 39.7 Å². The van der Waals surface area contributed by atoms with Gasteiger partial charge in [-0.25, -0.2) is 0 Å². The second-order valence-corrected chi connectivity index (χ2v) is 4.93. The molecule has 16 heavy (non-hydrogen) atoms. The van der Waals surface area contributed by atoms with Crippen molar-refractivity contribution < 1.29 is 9.90 Å². The molecule has 0 aliphatic carbocycles. The maximum Gasteiger partial charge on any atom is 0.270 e. The number of aryl methyl sites for hydroxylation is 1. The fourth-order valence-corrected chi connectivity index (χ4v) is 1.54. The van der Waals surface area contributed by atoms with Gasteiger partial charge in [0.2, 0.25) is 0 Å². The van der Waals surface area contributed by atoms with Crippen LogP contribution in [0.25, 0.3) is 0 Å². The summed E-state index contributed by atoms with van der Waals surface area (Å²) in [4.78, 5) is 13.6. The highest BCUT2D eigenvalue weighted by Crippen LogP contribution is 2.18. The van der Waals surface area contributed by atoms with E-state index in [-0.39, 0.29) is 12.5 Å². The molecule has 0 aromatic carbocycles. The maximum atomic E-state index is 12.1. The van der Waals surface area contributed by atoms with E-state index in [1.54, 1.807) is 44.8 Å². The van der Waals surface area contributed by atoms with Crippen LogP contribution in [0.2, 0.25) is 5.02 Å². The fourth-order valence-electron chi connectivity index (χ4n) is 1.29. The molecular weight excluding hydrogens is 228 g/mol. The average Bonchev–Trinajstić information content (AvgIpc) is 2.55. The lowest BCUT2D eigenvalue weighted by Gasteiger charge is -2.33. The van der Waals surface area contributed by atoms with Crippen LogP contribution in [0.5, 0.6) is 0 Å². The molecule has 1 aromatic heterocycles. The SMILES string of the molecule is CN(C(=O)c1cc(Cl)cn1C)C(C)(C)CO. The third-order valence-electron chi connectivity index (χ3n) is 2.79. The van der Waals surface area contributed by atoms with E-state index < -0.39 is 5.54 Å². The summed E-state index contributed by atoms with van der Waals surface area (Å²) in [6.45, 7) is 3.51. The zero-order chi connectivity index (χ0) is 12.5. The van der Waals surface area contributed by atoms with Gasteiger partial charge in [0.1, 0.15) is 5.69 Å². The number of likely N-dealkylation sites (N-methyl/N-ethyl adjacent to an activating group) is 1. The Kier molecular flexibility index (Phi) is 3.65. The van der Waals surface area contributed by atoms with Gasteiger partial charge in [0, 0.05) is 20.3 Å². The second kappa shape index (κ2) is 4.47. The molecule has 0 aliphatic rings. The number of rotatable bonds is 3. The molecule has 0 aliphatic heterocycles. The Morgan fingerprint density at radius 1 is 1.62 bits per heavy atom. The summed E-state index contributed by atoms with van der Waals surface area (Å²) >= 11 is 5.82. The maximum absolute atomic E-state index is 12.1. The monoisotopic (exact) mass is 244 g/mol. The molecule has 1 aromatic rings. The van der Waals surface area contributed by atoms with Gasteiger partial charge in [0.05, 0.1) is 17.2 Å². The van der Waals surface area contributed by atoms with E-state index in [0.29, 0.717) is 10.7 Å². The second-order valence-electron chi connectivity index (χ2n) is 4.49. The Bertz CT molecular complexity index is 399. The van der Waals surface area contributed by atoms with Gasteiger partial charge in [-0.2, -0.15) is 0 Å². The van der Waals surface area contributed by atoms with Crippen LogP contribution in [0.3, 0.4) is 0 Å². The van der Waals surface area contributed by atoms with Gasteiger partial charge < -0.3 is 14.6 Å². The number of carbonyl (C=O) groups excluding carboxylic acids is 1. The Labute approximate surface area is 100 Å². The van der Waals surface area contributed by atoms with Gasteiger partial charge in [-0.05, 0) is 19.9 Å². The topological polar surface area (TPSA) is 45.5 Å². The van der Waals surface area contributed by atoms with Gasteiger partial charge in [0.15, 0.2) is 0 Å². The number of hydrogen-bond acceptors (Lipinski definition) is 2. The number of nitrogens with zero attached hydrogens (tertiary/aromatic N) is 2. The first kappa shape index (κ1) is 13.1. The van der Waals surface area contributed by atoms with E-state index in [2.05, 4.69) is 0 Å². The molecule has 0 bridgehead atoms. The highest BCUT2D eigenvalue weighted by atomic mass is 35.5. The van der Waals surface area contributed by atoms with Crippen molar-refractivity contribution in [2.75, 3.05) is 13.7 Å². The highest BCUT2D eigenvalue weighted by molar-refractivity contribution is 6.31. The van der Waals surface area contributed by atoms with Crippen molar-refractivity contribution in [3.63, 3.8) is 0 Å². The van der Waals surface area contributed by atoms with Crippen LogP contribution in [-0.2, 0) is 7.05 Å². The first-order valence-corrected chi connectivity index (χ1v) is 5.38. The van der Waals surface area contributed by atoms with Crippen LogP contribution in [0, 0.1) is 0 Å². The molecular formula is C11H17ClN2O2. The standard InChI is InChI=1S/C11H17ClN2O2/c1-11(2,7-15)14(4)10(16)9-5-8(12)6-13(9)3/h5-6,15H,7H2,1-4H3. The van der Waals surface area contributed by atoms with Crippen molar-refractivity contribution in [2.45, 2.75) is 19.4 Å². The number of halogens is 1. The summed E-state index contributed by atoms with van der Waals surface area (Å²) in [5.41, 5.74) is -0.0811. The predicted octanol–water partition coefficient (Wildman–Crippen LogP) is 1.52. The zero-order valence-corrected chi connectivity index (χ0v) is 10.7. The van der Waals surface area contributed by atoms with Crippen LogP contribution in [0.4, 0.5) is 0 Å². The van der Waals surface area contributed by atoms with E-state index in [1.807, 2.05) is 0 Å². The van der Waals surface area contributed by atoms with Crippen LogP contribution in [0.1, 0.15) is 24.3 Å². The minimum atomic E-state index is -0.589. The fraction of sp³-hybridized carbons (Fsp3) is 0.545. The summed E-state index contributed by atoms with van der Waals surface area (Å²) in [5.74, 6) is -0.159. The zero-order valence-electron chi connectivity index (χ0n) is 9.99. The van der Waals surface area contributed by atoms with E-state index in [0.717, 1.165) is 0 Å². The molecule has 0 radical (unpaired) electrons. The largest absolute Gasteiger partial charge is 0.394 e. The van der Waals surface area contributed by atoms with E-state index in [1.165, 1.54) is 4.90 Å². The molecule has 4 nitrogen and oxygen atoms in total. The van der Waals surface area contributed by atoms with Gasteiger partial charge in [-0.15, -0.1) is 0 Å². The molecule has 0 saturated carbocycles. The van der Waals surface area contributed by atoms with Gasteiger partial charge in [0.25, 0.3) is 5.91 Å². The van der Waals surface area contributed by atoms with Crippen molar-refractivity contribution in [2.24, 2.45) is 7.05 Å². The molecule has 1 heterocycles. The molecule has 1 N–H and O–H groups in total. The minimum absolute atomic E-state index is 0.0899. The minimum Gasteiger partial charge on any atom is -0.394 e. The number of hydrogen-bond donors (Lipinski definition) is 1. The predicted molar refractivity (Wildman–Crippen MR) is 63.7 cm³/mol. The molecule has 0 spiro atoms. The lowest BCUT2D eigenvalue weighted by Crippen LogP contribution is -2.48. The molecule has 0 atom stereocenters. The van der Waals surface area contributed by atoms with E-state index in [4.69, 9.17) is 11.6 Å². The van der Waals surface area contributed by atoms with Gasteiger partial charge >= 0.3 is 0 Å². The molecule has 0 fully saturated rings. The van der Waals surface area contributed by atoms with Crippen LogP contribution in [0.15, 0.2) is 12.3 Å². The van der Waals surface area contributed by atoms with Crippen LogP contribution >= 0.6 is 11.6 Å². The third-order valence-corrected chi connectivity index (χ3v) is 3.00. The van der Waals surface area contributed by atoms with Gasteiger partial charge in [-0.3, -0.25) is 4.79 Å². The van der Waals surface area contributed by atoms with Crippen molar-refractivity contribution >= 4 is 17.5 Å². The Morgan fingerprint density at radius 2 is 2.19 bits per heavy atom. The number of aliphatic hydroxyl groups is 1. The quantitative estimate of drug-likeness (QED) is 0.876. The third kappa shape index (κ3) is 2.39. The Morgan fingerprint density at radius 3 is 2.56 bits per heavy atom. The molecule has 0 saturated heterocycles. The Hall–Kier alpha value is -1.00. The normalized spacial score (nSPS) is 11.6. The molecule has 1 rings (SSSR count). The summed E-state index contributed by atoms with van der Waals surface area (Å²) in [7, 11) is 3.43. The number of aliphatic hydroxyl groups excluding tert-OH is 1. The lowest BCUT2D eigenvalue weighted by atomic mass is 10.0. The summed E-state index contributed by atoms with van der Waals surface area (Å²) in [6, 6.07) is 1.62. The molecule has 5 heteroatoms. The van der Waals surface area contributed by atoms with Crippen molar-refractivity contribution in [3.05, 3.63) is 23.0 Å². The molecule has 0 unspecified atom stereocenters. The summed E-state index contributed by atoms with van der Waals surface area (Å²) in [6.07, 6.45) is 1.68. The highest BCUT2D eigenvalue weighted by Gasteiger charge is 2.28. The van der Waals surface area contributed by atoms with Crippen molar-refractivity contribution in [3.8, 4) is 0 Å². The van der Waals surface area contributed by atoms with E-state index in [9.17, 15) is 9.90 Å². The average molecular weight is 245 g/mol. The lowest BCUT2D eigenvalue weighted by molar-refractivity contribution is 0.0464. The molecule has 1 amide bonds. The van der Waals surface area contributed by atoms with Gasteiger partial charge in [-0.1, -0.05) is 11.6 Å². The van der Waals surface area contributed by atoms with E-state index >= 15 is 0 Å². The first-order valence-electron chi connectivity index (χ1n) is 5.00. The van der Waals surface area contributed by atoms with Crippen LogP contribution < -0.4 is 0 Å². The smallest absolute Gasteiger partial charge is 0.270 e. The number of carbonyl (C=O) groups is 1. The number of amides is 1. The Balaban J connectivity index is 2.99. The molecule has 90 valence electrons. The summed E-state index contributed by atoms with van der Waals surface area (Å²) in [5, 5.41) is 9.74. The summed E-state index contributed by atoms with van der Waals surface area (Å²) < 4.78 is 1.68. The van der Waals surface area contributed by atoms with Crippen molar-refractivity contribution in [1.29, 1.82) is 0 Å². The first-order chi connectivity index (χ1) is 7.29. The number of aromatic nitrogens is 1.